The van der Waals surface area contributed by atoms with E-state index in [9.17, 15) is 5.11 Å². The Labute approximate surface area is 174 Å². The molecule has 0 amide bonds. The molecule has 0 heterocycles. The predicted octanol–water partition coefficient (Wildman–Crippen LogP) is 5.56. The minimum Gasteiger partial charge on any atom is -0.485 e. The summed E-state index contributed by atoms with van der Waals surface area (Å²) in [6, 6.07) is 28.4. The van der Waals surface area contributed by atoms with Gasteiger partial charge in [-0.2, -0.15) is 0 Å². The molecule has 0 spiro atoms. The maximum absolute atomic E-state index is 10.4. The second-order valence-electron chi connectivity index (χ2n) is 7.59. The van der Waals surface area contributed by atoms with Crippen LogP contribution in [0.2, 0.25) is 0 Å². The van der Waals surface area contributed by atoms with E-state index in [0.29, 0.717) is 0 Å². The van der Waals surface area contributed by atoms with Gasteiger partial charge in [-0.3, -0.25) is 0 Å². The molecule has 0 saturated carbocycles. The number of hydrogen-bond donors (Lipinski definition) is 1. The summed E-state index contributed by atoms with van der Waals surface area (Å²) < 4.78 is 6.40. The van der Waals surface area contributed by atoms with Gasteiger partial charge in [0, 0.05) is 19.5 Å². The summed E-state index contributed by atoms with van der Waals surface area (Å²) in [5, 5.41) is 10.4. The van der Waals surface area contributed by atoms with Crippen molar-refractivity contribution in [2.45, 2.75) is 32.0 Å². The summed E-state index contributed by atoms with van der Waals surface area (Å²) in [6.07, 6.45) is 1.18. The molecule has 3 heteroatoms. The largest absolute Gasteiger partial charge is 0.485 e. The van der Waals surface area contributed by atoms with Gasteiger partial charge in [-0.1, -0.05) is 78.9 Å². The number of hydrogen-bond acceptors (Lipinski definition) is 3. The minimum atomic E-state index is -0.424. The molecule has 152 valence electrons. The highest BCUT2D eigenvalue weighted by molar-refractivity contribution is 5.33. The molecule has 3 aromatic carbocycles. The summed E-state index contributed by atoms with van der Waals surface area (Å²) in [7, 11) is 2.10. The summed E-state index contributed by atoms with van der Waals surface area (Å²) in [6.45, 7) is 3.81. The molecular formula is C26H31NO2. The van der Waals surface area contributed by atoms with Gasteiger partial charge in [-0.15, -0.1) is 0 Å². The average molecular weight is 390 g/mol. The molecular weight excluding hydrogens is 358 g/mol. The Hall–Kier alpha value is -2.62. The molecule has 2 unspecified atom stereocenters. The Kier molecular flexibility index (Phi) is 7.85. The first-order valence-electron chi connectivity index (χ1n) is 10.3. The molecule has 0 aromatic heterocycles. The predicted molar refractivity (Wildman–Crippen MR) is 119 cm³/mol. The molecule has 0 radical (unpaired) electrons. The SMILES string of the molecule is Cc1ccccc1OC(CCN(C)CCC(O)c1ccccc1)c1ccccc1. The van der Waals surface area contributed by atoms with E-state index in [0.717, 1.165) is 42.8 Å². The zero-order chi connectivity index (χ0) is 20.5. The van der Waals surface area contributed by atoms with Gasteiger partial charge in [0.25, 0.3) is 0 Å². The van der Waals surface area contributed by atoms with Crippen LogP contribution < -0.4 is 4.74 Å². The third-order valence-corrected chi connectivity index (χ3v) is 5.28. The van der Waals surface area contributed by atoms with Crippen LogP contribution in [0, 0.1) is 6.92 Å². The van der Waals surface area contributed by atoms with Crippen LogP contribution in [0.4, 0.5) is 0 Å². The van der Waals surface area contributed by atoms with Crippen LogP contribution >= 0.6 is 0 Å². The maximum atomic E-state index is 10.4. The Bertz CT molecular complexity index is 851. The van der Waals surface area contributed by atoms with E-state index in [1.807, 2.05) is 54.6 Å². The molecule has 0 aliphatic heterocycles. The van der Waals surface area contributed by atoms with E-state index in [2.05, 4.69) is 49.2 Å². The van der Waals surface area contributed by atoms with E-state index < -0.39 is 6.10 Å². The normalized spacial score (nSPS) is 13.2. The number of para-hydroxylation sites is 1. The topological polar surface area (TPSA) is 32.7 Å². The number of benzene rings is 3. The van der Waals surface area contributed by atoms with Crippen molar-refractivity contribution in [3.05, 3.63) is 102 Å². The fourth-order valence-electron chi connectivity index (χ4n) is 3.44. The van der Waals surface area contributed by atoms with Crippen LogP contribution in [-0.2, 0) is 0 Å². The maximum Gasteiger partial charge on any atom is 0.125 e. The molecule has 0 bridgehead atoms. The molecule has 3 rings (SSSR count). The molecule has 0 aliphatic rings. The highest BCUT2D eigenvalue weighted by Gasteiger charge is 2.16. The van der Waals surface area contributed by atoms with E-state index in [-0.39, 0.29) is 6.10 Å². The van der Waals surface area contributed by atoms with Gasteiger partial charge >= 0.3 is 0 Å². The van der Waals surface area contributed by atoms with Crippen molar-refractivity contribution in [1.29, 1.82) is 0 Å². The summed E-state index contributed by atoms with van der Waals surface area (Å²) in [5.74, 6) is 0.934. The van der Waals surface area contributed by atoms with Gasteiger partial charge in [0.05, 0.1) is 6.10 Å². The van der Waals surface area contributed by atoms with Crippen LogP contribution in [0.15, 0.2) is 84.9 Å². The Balaban J connectivity index is 1.57. The van der Waals surface area contributed by atoms with Crippen molar-refractivity contribution in [2.24, 2.45) is 0 Å². The molecule has 0 saturated heterocycles. The zero-order valence-corrected chi connectivity index (χ0v) is 17.4. The van der Waals surface area contributed by atoms with Crippen molar-refractivity contribution in [3.8, 4) is 5.75 Å². The molecule has 29 heavy (non-hydrogen) atoms. The Morgan fingerprint density at radius 2 is 1.31 bits per heavy atom. The number of ether oxygens (including phenoxy) is 1. The average Bonchev–Trinajstić information content (AvgIpc) is 2.77. The van der Waals surface area contributed by atoms with Gasteiger partial charge in [0.2, 0.25) is 0 Å². The van der Waals surface area contributed by atoms with Gasteiger partial charge < -0.3 is 14.7 Å². The van der Waals surface area contributed by atoms with Gasteiger partial charge in [-0.25, -0.2) is 0 Å². The smallest absolute Gasteiger partial charge is 0.125 e. The number of nitrogens with zero attached hydrogens (tertiary/aromatic N) is 1. The first kappa shape index (κ1) is 21.1. The van der Waals surface area contributed by atoms with E-state index in [4.69, 9.17) is 4.74 Å². The van der Waals surface area contributed by atoms with Gasteiger partial charge in [-0.05, 0) is 43.1 Å². The van der Waals surface area contributed by atoms with Crippen molar-refractivity contribution < 1.29 is 9.84 Å². The molecule has 2 atom stereocenters. The van der Waals surface area contributed by atoms with Gasteiger partial charge in [0.15, 0.2) is 0 Å². The summed E-state index contributed by atoms with van der Waals surface area (Å²) in [4.78, 5) is 2.27. The van der Waals surface area contributed by atoms with Crippen molar-refractivity contribution in [2.75, 3.05) is 20.1 Å². The van der Waals surface area contributed by atoms with Crippen LogP contribution in [0.3, 0.4) is 0 Å². The quantitative estimate of drug-likeness (QED) is 0.493. The lowest BCUT2D eigenvalue weighted by atomic mass is 10.0. The number of aliphatic hydroxyl groups is 1. The minimum absolute atomic E-state index is 0.00111. The lowest BCUT2D eigenvalue weighted by Crippen LogP contribution is -2.25. The number of aryl methyl sites for hydroxylation is 1. The summed E-state index contributed by atoms with van der Waals surface area (Å²) >= 11 is 0. The van der Waals surface area contributed by atoms with Crippen LogP contribution in [-0.4, -0.2) is 30.1 Å². The second kappa shape index (κ2) is 10.8. The number of aliphatic hydroxyl groups excluding tert-OH is 1. The second-order valence-corrected chi connectivity index (χ2v) is 7.59. The van der Waals surface area contributed by atoms with Crippen LogP contribution in [0.5, 0.6) is 5.75 Å². The molecule has 3 aromatic rings. The van der Waals surface area contributed by atoms with Crippen LogP contribution in [0.25, 0.3) is 0 Å². The molecule has 3 nitrogen and oxygen atoms in total. The Morgan fingerprint density at radius 1 is 0.759 bits per heavy atom. The monoisotopic (exact) mass is 389 g/mol. The standard InChI is InChI=1S/C26H31NO2/c1-21-11-9-10-16-25(21)29-26(23-14-7-4-8-15-23)18-20-27(2)19-17-24(28)22-12-5-3-6-13-22/h3-16,24,26,28H,17-20H2,1-2H3. The molecule has 0 aliphatic carbocycles. The third-order valence-electron chi connectivity index (χ3n) is 5.28. The lowest BCUT2D eigenvalue weighted by Gasteiger charge is -2.24. The lowest BCUT2D eigenvalue weighted by molar-refractivity contribution is 0.137. The van der Waals surface area contributed by atoms with Crippen molar-refractivity contribution in [3.63, 3.8) is 0 Å². The van der Waals surface area contributed by atoms with Crippen LogP contribution in [0.1, 0.15) is 41.7 Å². The highest BCUT2D eigenvalue weighted by Crippen LogP contribution is 2.27. The van der Waals surface area contributed by atoms with E-state index >= 15 is 0 Å². The van der Waals surface area contributed by atoms with Crippen molar-refractivity contribution >= 4 is 0 Å². The summed E-state index contributed by atoms with van der Waals surface area (Å²) in [5.41, 5.74) is 3.31. The highest BCUT2D eigenvalue weighted by atomic mass is 16.5. The zero-order valence-electron chi connectivity index (χ0n) is 17.4. The molecule has 1 N–H and O–H groups in total. The fraction of sp³-hybridized carbons (Fsp3) is 0.308. The number of rotatable bonds is 10. The van der Waals surface area contributed by atoms with E-state index in [1.165, 1.54) is 5.56 Å². The molecule has 0 fully saturated rings. The van der Waals surface area contributed by atoms with Crippen molar-refractivity contribution in [1.82, 2.24) is 4.90 Å². The van der Waals surface area contributed by atoms with Gasteiger partial charge in [0.1, 0.15) is 11.9 Å². The third kappa shape index (κ3) is 6.45. The Morgan fingerprint density at radius 3 is 1.97 bits per heavy atom. The fourth-order valence-corrected chi connectivity index (χ4v) is 3.44. The first-order valence-corrected chi connectivity index (χ1v) is 10.3. The van der Waals surface area contributed by atoms with E-state index in [1.54, 1.807) is 0 Å². The first-order chi connectivity index (χ1) is 14.1.